The fourth-order valence-corrected chi connectivity index (χ4v) is 3.34. The van der Waals surface area contributed by atoms with Crippen LogP contribution in [0.15, 0.2) is 24.3 Å². The molecule has 1 aromatic rings. The van der Waals surface area contributed by atoms with E-state index < -0.39 is 11.8 Å². The summed E-state index contributed by atoms with van der Waals surface area (Å²) in [5.74, 6) is -1.45. The number of esters is 1. The van der Waals surface area contributed by atoms with Crippen LogP contribution in [-0.2, 0) is 14.4 Å². The van der Waals surface area contributed by atoms with Crippen molar-refractivity contribution in [1.29, 1.82) is 0 Å². The Hall–Kier alpha value is -2.24. The molecule has 2 fully saturated rings. The van der Waals surface area contributed by atoms with Gasteiger partial charge in [-0.25, -0.2) is 4.39 Å². The Morgan fingerprint density at radius 2 is 1.65 bits per heavy atom. The van der Waals surface area contributed by atoms with Crippen LogP contribution >= 0.6 is 0 Å². The third kappa shape index (κ3) is 3.25. The highest BCUT2D eigenvalue weighted by molar-refractivity contribution is 6.05. The number of nitrogens with zero attached hydrogens (tertiary/aromatic N) is 1. The molecular weight excluding hydrogens is 301 g/mol. The van der Waals surface area contributed by atoms with Gasteiger partial charge in [0.05, 0.1) is 18.3 Å². The first-order valence-corrected chi connectivity index (χ1v) is 7.88. The summed E-state index contributed by atoms with van der Waals surface area (Å²) in [6.45, 7) is 0.0463. The first-order valence-electron chi connectivity index (χ1n) is 7.88. The maximum Gasteiger partial charge on any atom is 0.312 e. The summed E-state index contributed by atoms with van der Waals surface area (Å²) in [5.41, 5.74) is 0. The fraction of sp³-hybridized carbons (Fsp3) is 0.471. The highest BCUT2D eigenvalue weighted by Gasteiger charge is 2.47. The minimum atomic E-state index is -0.549. The number of imide groups is 1. The highest BCUT2D eigenvalue weighted by Crippen LogP contribution is 2.37. The number of hydrogen-bond donors (Lipinski definition) is 0. The molecule has 2 unspecified atom stereocenters. The van der Waals surface area contributed by atoms with E-state index in [1.54, 1.807) is 0 Å². The Kier molecular flexibility index (Phi) is 4.41. The first-order chi connectivity index (χ1) is 11.1. The highest BCUT2D eigenvalue weighted by atomic mass is 19.1. The third-order valence-electron chi connectivity index (χ3n) is 4.52. The molecule has 1 aromatic carbocycles. The van der Waals surface area contributed by atoms with Gasteiger partial charge in [-0.2, -0.15) is 0 Å². The van der Waals surface area contributed by atoms with Gasteiger partial charge in [0, 0.05) is 6.54 Å². The van der Waals surface area contributed by atoms with Crippen molar-refractivity contribution in [2.75, 3.05) is 6.54 Å². The van der Waals surface area contributed by atoms with Crippen LogP contribution in [0.2, 0.25) is 0 Å². The second-order valence-electron chi connectivity index (χ2n) is 6.00. The number of halogens is 1. The van der Waals surface area contributed by atoms with Gasteiger partial charge >= 0.3 is 5.97 Å². The van der Waals surface area contributed by atoms with Crippen molar-refractivity contribution in [2.45, 2.75) is 32.1 Å². The number of likely N-dealkylation sites (tertiary alicyclic amines) is 1. The van der Waals surface area contributed by atoms with Gasteiger partial charge in [0.15, 0.2) is 0 Å². The third-order valence-corrected chi connectivity index (χ3v) is 4.52. The lowest BCUT2D eigenvalue weighted by Crippen LogP contribution is -2.33. The molecule has 23 heavy (non-hydrogen) atoms. The molecule has 5 nitrogen and oxygen atoms in total. The van der Waals surface area contributed by atoms with Crippen molar-refractivity contribution >= 4 is 17.8 Å². The van der Waals surface area contributed by atoms with Gasteiger partial charge < -0.3 is 4.74 Å². The van der Waals surface area contributed by atoms with Crippen LogP contribution < -0.4 is 4.74 Å². The molecule has 0 radical (unpaired) electrons. The van der Waals surface area contributed by atoms with E-state index in [4.69, 9.17) is 4.74 Å². The molecule has 3 rings (SSSR count). The molecule has 1 saturated heterocycles. The summed E-state index contributed by atoms with van der Waals surface area (Å²) in [4.78, 5) is 37.6. The molecule has 122 valence electrons. The SMILES string of the molecule is O=C(CCN1C(=O)C2CCCCC2C1=O)Oc1ccc(F)cc1. The van der Waals surface area contributed by atoms with Crippen molar-refractivity contribution in [3.8, 4) is 5.75 Å². The minimum absolute atomic E-state index is 0.0463. The van der Waals surface area contributed by atoms with Crippen LogP contribution in [0.25, 0.3) is 0 Å². The molecule has 0 aromatic heterocycles. The number of carbonyl (C=O) groups is 3. The van der Waals surface area contributed by atoms with Crippen LogP contribution in [0.3, 0.4) is 0 Å². The molecule has 1 aliphatic heterocycles. The Morgan fingerprint density at radius 1 is 1.09 bits per heavy atom. The lowest BCUT2D eigenvalue weighted by Gasteiger charge is -2.19. The van der Waals surface area contributed by atoms with Crippen molar-refractivity contribution in [3.63, 3.8) is 0 Å². The second-order valence-corrected chi connectivity index (χ2v) is 6.00. The van der Waals surface area contributed by atoms with Crippen LogP contribution in [-0.4, -0.2) is 29.2 Å². The molecule has 1 saturated carbocycles. The molecule has 6 heteroatoms. The quantitative estimate of drug-likeness (QED) is 0.485. The summed E-state index contributed by atoms with van der Waals surface area (Å²) >= 11 is 0. The van der Waals surface area contributed by atoms with Crippen LogP contribution in [0.1, 0.15) is 32.1 Å². The Bertz CT molecular complexity index is 604. The maximum atomic E-state index is 12.8. The van der Waals surface area contributed by atoms with Gasteiger partial charge in [0.25, 0.3) is 0 Å². The number of carbonyl (C=O) groups excluding carboxylic acids is 3. The summed E-state index contributed by atoms with van der Waals surface area (Å²) in [6, 6.07) is 5.10. The van der Waals surface area contributed by atoms with Gasteiger partial charge in [-0.15, -0.1) is 0 Å². The van der Waals surface area contributed by atoms with Gasteiger partial charge in [-0.3, -0.25) is 19.3 Å². The Labute approximate surface area is 133 Å². The van der Waals surface area contributed by atoms with Gasteiger partial charge in [-0.05, 0) is 37.1 Å². The predicted octanol–water partition coefficient (Wildman–Crippen LogP) is 2.30. The number of amides is 2. The minimum Gasteiger partial charge on any atom is -0.426 e. The zero-order valence-corrected chi connectivity index (χ0v) is 12.7. The summed E-state index contributed by atoms with van der Waals surface area (Å²) in [7, 11) is 0. The van der Waals surface area contributed by atoms with Crippen molar-refractivity contribution in [2.24, 2.45) is 11.8 Å². The monoisotopic (exact) mass is 319 g/mol. The zero-order chi connectivity index (χ0) is 16.4. The van der Waals surface area contributed by atoms with E-state index in [-0.39, 0.29) is 42.4 Å². The second kappa shape index (κ2) is 6.48. The van der Waals surface area contributed by atoms with E-state index in [9.17, 15) is 18.8 Å². The van der Waals surface area contributed by atoms with E-state index in [2.05, 4.69) is 0 Å². The molecule has 1 heterocycles. The largest absolute Gasteiger partial charge is 0.426 e. The van der Waals surface area contributed by atoms with Crippen LogP contribution in [0.4, 0.5) is 4.39 Å². The van der Waals surface area contributed by atoms with E-state index >= 15 is 0 Å². The van der Waals surface area contributed by atoms with Crippen LogP contribution in [0, 0.1) is 17.7 Å². The molecule has 1 aliphatic carbocycles. The lowest BCUT2D eigenvalue weighted by atomic mass is 9.81. The summed E-state index contributed by atoms with van der Waals surface area (Å²) in [5, 5.41) is 0. The van der Waals surface area contributed by atoms with Crippen molar-refractivity contribution < 1.29 is 23.5 Å². The fourth-order valence-electron chi connectivity index (χ4n) is 3.34. The Balaban J connectivity index is 1.55. The predicted molar refractivity (Wildman–Crippen MR) is 78.8 cm³/mol. The molecule has 2 atom stereocenters. The number of benzene rings is 1. The van der Waals surface area contributed by atoms with Gasteiger partial charge in [-0.1, -0.05) is 12.8 Å². The summed E-state index contributed by atoms with van der Waals surface area (Å²) < 4.78 is 17.8. The normalized spacial score (nSPS) is 23.8. The van der Waals surface area contributed by atoms with E-state index in [1.807, 2.05) is 0 Å². The molecular formula is C17H18FNO4. The number of ether oxygens (including phenoxy) is 1. The zero-order valence-electron chi connectivity index (χ0n) is 12.7. The van der Waals surface area contributed by atoms with E-state index in [1.165, 1.54) is 29.2 Å². The average molecular weight is 319 g/mol. The molecule has 0 bridgehead atoms. The topological polar surface area (TPSA) is 63.7 Å². The maximum absolute atomic E-state index is 12.8. The van der Waals surface area contributed by atoms with Crippen LogP contribution in [0.5, 0.6) is 5.75 Å². The number of rotatable bonds is 4. The van der Waals surface area contributed by atoms with E-state index in [0.717, 1.165) is 25.7 Å². The molecule has 2 amide bonds. The molecule has 2 aliphatic rings. The molecule has 0 spiro atoms. The van der Waals surface area contributed by atoms with Crippen molar-refractivity contribution in [1.82, 2.24) is 4.90 Å². The van der Waals surface area contributed by atoms with Gasteiger partial charge in [0.1, 0.15) is 11.6 Å². The van der Waals surface area contributed by atoms with E-state index in [0.29, 0.717) is 0 Å². The summed E-state index contributed by atoms with van der Waals surface area (Å²) in [6.07, 6.45) is 3.40. The lowest BCUT2D eigenvalue weighted by molar-refractivity contribution is -0.141. The number of hydrogen-bond acceptors (Lipinski definition) is 4. The molecule has 0 N–H and O–H groups in total. The average Bonchev–Trinajstić information content (AvgIpc) is 2.80. The first kappa shape index (κ1) is 15.6. The Morgan fingerprint density at radius 3 is 2.22 bits per heavy atom. The smallest absolute Gasteiger partial charge is 0.312 e. The van der Waals surface area contributed by atoms with Gasteiger partial charge in [0.2, 0.25) is 11.8 Å². The standard InChI is InChI=1S/C17H18FNO4/c18-11-5-7-12(8-6-11)23-15(20)9-10-19-16(21)13-3-1-2-4-14(13)17(19)22/h5-8,13-14H,1-4,9-10H2. The van der Waals surface area contributed by atoms with Crippen molar-refractivity contribution in [3.05, 3.63) is 30.1 Å². The number of fused-ring (bicyclic) bond motifs is 1.